The van der Waals surface area contributed by atoms with Crippen molar-refractivity contribution in [2.24, 2.45) is 0 Å². The lowest BCUT2D eigenvalue weighted by Gasteiger charge is -2.45. The molecule has 0 aliphatic carbocycles. The molecular formula is C30H38N4O3. The van der Waals surface area contributed by atoms with Gasteiger partial charge in [-0.3, -0.25) is 4.90 Å². The molecule has 3 atom stereocenters. The largest absolute Gasteiger partial charge is 0.495 e. The van der Waals surface area contributed by atoms with Crippen LogP contribution >= 0.6 is 0 Å². The van der Waals surface area contributed by atoms with E-state index < -0.39 is 6.10 Å². The van der Waals surface area contributed by atoms with E-state index >= 15 is 0 Å². The average Bonchev–Trinajstić information content (AvgIpc) is 2.97. The van der Waals surface area contributed by atoms with Gasteiger partial charge in [0.1, 0.15) is 12.0 Å². The van der Waals surface area contributed by atoms with E-state index in [4.69, 9.17) is 9.47 Å². The Hall–Kier alpha value is -3.10. The second-order valence-electron chi connectivity index (χ2n) is 9.73. The number of rotatable bonds is 9. The van der Waals surface area contributed by atoms with Crippen LogP contribution in [0.15, 0.2) is 84.9 Å². The smallest absolute Gasteiger partial charge is 0.142 e. The van der Waals surface area contributed by atoms with Crippen LogP contribution in [0.5, 0.6) is 5.75 Å². The maximum Gasteiger partial charge on any atom is 0.142 e. The number of methoxy groups -OCH3 is 1. The minimum atomic E-state index is -0.517. The van der Waals surface area contributed by atoms with Crippen LogP contribution in [-0.2, 0) is 4.74 Å². The number of nitrogens with one attached hydrogen (secondary N) is 1. The van der Waals surface area contributed by atoms with E-state index in [1.54, 1.807) is 7.11 Å². The van der Waals surface area contributed by atoms with Crippen LogP contribution in [0.3, 0.4) is 0 Å². The molecular weight excluding hydrogens is 464 g/mol. The second kappa shape index (κ2) is 12.4. The number of nitrogens with zero attached hydrogens (tertiary/aromatic N) is 3. The third kappa shape index (κ3) is 6.25. The predicted molar refractivity (Wildman–Crippen MR) is 148 cm³/mol. The van der Waals surface area contributed by atoms with Gasteiger partial charge in [0.15, 0.2) is 0 Å². The Kier molecular flexibility index (Phi) is 8.58. The maximum atomic E-state index is 10.9. The van der Waals surface area contributed by atoms with Gasteiger partial charge < -0.3 is 29.7 Å². The van der Waals surface area contributed by atoms with Crippen LogP contribution in [0.2, 0.25) is 0 Å². The van der Waals surface area contributed by atoms with Crippen molar-refractivity contribution in [2.45, 2.75) is 18.4 Å². The van der Waals surface area contributed by atoms with E-state index in [-0.39, 0.29) is 12.3 Å². The van der Waals surface area contributed by atoms with Crippen molar-refractivity contribution in [1.82, 2.24) is 10.2 Å². The third-order valence-electron chi connectivity index (χ3n) is 7.34. The first-order chi connectivity index (χ1) is 18.2. The van der Waals surface area contributed by atoms with Gasteiger partial charge in [0, 0.05) is 51.5 Å². The first-order valence-corrected chi connectivity index (χ1v) is 13.2. The summed E-state index contributed by atoms with van der Waals surface area (Å²) < 4.78 is 12.4. The molecule has 2 unspecified atom stereocenters. The Balaban J connectivity index is 1.32. The van der Waals surface area contributed by atoms with Crippen molar-refractivity contribution in [2.75, 3.05) is 69.3 Å². The Morgan fingerprint density at radius 2 is 1.62 bits per heavy atom. The van der Waals surface area contributed by atoms with Crippen LogP contribution in [-0.4, -0.2) is 81.8 Å². The van der Waals surface area contributed by atoms with Crippen molar-refractivity contribution >= 4 is 11.4 Å². The highest BCUT2D eigenvalue weighted by Gasteiger charge is 2.32. The lowest BCUT2D eigenvalue weighted by molar-refractivity contribution is 0.0182. The first-order valence-electron chi connectivity index (χ1n) is 13.2. The SMILES string of the molecule is COc1ccccc1N1CCN(CC(O)c2ccccc2)CC1CO[C@@H]1CNCCN1c1ccccc1. The highest BCUT2D eigenvalue weighted by atomic mass is 16.5. The van der Waals surface area contributed by atoms with Crippen molar-refractivity contribution in [3.8, 4) is 5.75 Å². The third-order valence-corrected chi connectivity index (χ3v) is 7.34. The Bertz CT molecular complexity index is 1100. The van der Waals surface area contributed by atoms with Crippen LogP contribution < -0.4 is 19.9 Å². The van der Waals surface area contributed by atoms with Crippen LogP contribution in [0.4, 0.5) is 11.4 Å². The summed E-state index contributed by atoms with van der Waals surface area (Å²) in [6.07, 6.45) is -0.558. The van der Waals surface area contributed by atoms with E-state index in [1.807, 2.05) is 48.5 Å². The number of para-hydroxylation sites is 3. The highest BCUT2D eigenvalue weighted by Crippen LogP contribution is 2.31. The first kappa shape index (κ1) is 25.5. The molecule has 2 heterocycles. The molecule has 0 amide bonds. The molecule has 7 heteroatoms. The fraction of sp³-hybridized carbons (Fsp3) is 0.400. The molecule has 7 nitrogen and oxygen atoms in total. The molecule has 0 radical (unpaired) electrons. The molecule has 2 aliphatic rings. The van der Waals surface area contributed by atoms with Gasteiger partial charge in [-0.1, -0.05) is 60.7 Å². The van der Waals surface area contributed by atoms with E-state index in [9.17, 15) is 5.11 Å². The van der Waals surface area contributed by atoms with Crippen molar-refractivity contribution < 1.29 is 14.6 Å². The second-order valence-corrected chi connectivity index (χ2v) is 9.73. The predicted octanol–water partition coefficient (Wildman–Crippen LogP) is 3.37. The number of hydrogen-bond acceptors (Lipinski definition) is 7. The molecule has 2 saturated heterocycles. The number of piperazine rings is 2. The Morgan fingerprint density at radius 3 is 2.41 bits per heavy atom. The lowest BCUT2D eigenvalue weighted by atomic mass is 10.1. The summed E-state index contributed by atoms with van der Waals surface area (Å²) in [5.74, 6) is 0.871. The van der Waals surface area contributed by atoms with Gasteiger partial charge in [0.25, 0.3) is 0 Å². The number of benzene rings is 3. The van der Waals surface area contributed by atoms with Gasteiger partial charge in [-0.25, -0.2) is 0 Å². The summed E-state index contributed by atoms with van der Waals surface area (Å²) in [4.78, 5) is 7.11. The molecule has 5 rings (SSSR count). The van der Waals surface area contributed by atoms with E-state index in [0.29, 0.717) is 13.2 Å². The normalized spacial score (nSPS) is 21.6. The number of β-amino-alcohol motifs (C(OH)–C–C–N with tert-alkyl or cyclic N) is 1. The maximum absolute atomic E-state index is 10.9. The quantitative estimate of drug-likeness (QED) is 0.465. The summed E-state index contributed by atoms with van der Waals surface area (Å²) in [7, 11) is 1.72. The molecule has 0 spiro atoms. The van der Waals surface area contributed by atoms with Crippen molar-refractivity contribution in [3.63, 3.8) is 0 Å². The van der Waals surface area contributed by atoms with E-state index in [0.717, 1.165) is 56.3 Å². The minimum absolute atomic E-state index is 0.0408. The number of anilines is 2. The lowest BCUT2D eigenvalue weighted by Crippen LogP contribution is -2.58. The van der Waals surface area contributed by atoms with E-state index in [1.165, 1.54) is 5.69 Å². The number of ether oxygens (including phenoxy) is 2. The number of hydrogen-bond donors (Lipinski definition) is 2. The summed E-state index contributed by atoms with van der Waals surface area (Å²) in [6, 6.07) is 28.7. The summed E-state index contributed by atoms with van der Waals surface area (Å²) in [5, 5.41) is 14.4. The average molecular weight is 503 g/mol. The molecule has 3 aromatic rings. The highest BCUT2D eigenvalue weighted by molar-refractivity contribution is 5.59. The number of aliphatic hydroxyl groups is 1. The van der Waals surface area contributed by atoms with Crippen LogP contribution in [0, 0.1) is 0 Å². The molecule has 0 saturated carbocycles. The summed E-state index contributed by atoms with van der Waals surface area (Å²) in [5.41, 5.74) is 3.23. The van der Waals surface area contributed by atoms with Gasteiger partial charge in [0.05, 0.1) is 31.5 Å². The van der Waals surface area contributed by atoms with Gasteiger partial charge in [0.2, 0.25) is 0 Å². The summed E-state index contributed by atoms with van der Waals surface area (Å²) in [6.45, 7) is 6.30. The molecule has 2 fully saturated rings. The zero-order valence-corrected chi connectivity index (χ0v) is 21.6. The Labute approximate surface area is 220 Å². The van der Waals surface area contributed by atoms with Gasteiger partial charge in [-0.2, -0.15) is 0 Å². The molecule has 2 N–H and O–H groups in total. The zero-order valence-electron chi connectivity index (χ0n) is 21.6. The number of aliphatic hydroxyl groups excluding tert-OH is 1. The van der Waals surface area contributed by atoms with Crippen LogP contribution in [0.25, 0.3) is 0 Å². The fourth-order valence-electron chi connectivity index (χ4n) is 5.40. The molecule has 0 bridgehead atoms. The summed E-state index contributed by atoms with van der Waals surface area (Å²) >= 11 is 0. The molecule has 3 aromatic carbocycles. The topological polar surface area (TPSA) is 60.4 Å². The molecule has 37 heavy (non-hydrogen) atoms. The van der Waals surface area contributed by atoms with Gasteiger partial charge in [-0.05, 0) is 29.8 Å². The molecule has 0 aromatic heterocycles. The van der Waals surface area contributed by atoms with Crippen molar-refractivity contribution in [1.29, 1.82) is 0 Å². The fourth-order valence-corrected chi connectivity index (χ4v) is 5.40. The standard InChI is InChI=1S/C30H38N4O3/c1-36-29-15-9-8-14-27(29)33-19-18-32(22-28(35)24-10-4-2-5-11-24)21-26(33)23-37-30-20-31-16-17-34(30)25-12-6-3-7-13-25/h2-15,26,28,30-31,35H,16-23H2,1H3/t26?,28?,30-/m1/s1. The van der Waals surface area contributed by atoms with Crippen molar-refractivity contribution in [3.05, 3.63) is 90.5 Å². The minimum Gasteiger partial charge on any atom is -0.495 e. The monoisotopic (exact) mass is 502 g/mol. The Morgan fingerprint density at radius 1 is 0.892 bits per heavy atom. The van der Waals surface area contributed by atoms with Crippen LogP contribution in [0.1, 0.15) is 11.7 Å². The molecule has 2 aliphatic heterocycles. The zero-order chi connectivity index (χ0) is 25.5. The van der Waals surface area contributed by atoms with E-state index in [2.05, 4.69) is 56.4 Å². The molecule has 196 valence electrons. The van der Waals surface area contributed by atoms with Gasteiger partial charge in [-0.15, -0.1) is 0 Å². The van der Waals surface area contributed by atoms with Gasteiger partial charge >= 0.3 is 0 Å².